The zero-order valence-corrected chi connectivity index (χ0v) is 74.1. The largest absolute Gasteiger partial charge is 0.391 e. The van der Waals surface area contributed by atoms with E-state index in [1.54, 1.807) is 128 Å². The molecular weight excluding hydrogens is 1750 g/mol. The van der Waals surface area contributed by atoms with Crippen molar-refractivity contribution in [3.63, 3.8) is 0 Å². The van der Waals surface area contributed by atoms with E-state index in [0.717, 1.165) is 82.0 Å². The Labute approximate surface area is 761 Å². The van der Waals surface area contributed by atoms with E-state index in [-0.39, 0.29) is 117 Å². The second-order valence-corrected chi connectivity index (χ2v) is 32.5. The molecule has 6 aliphatic rings. The van der Waals surface area contributed by atoms with Gasteiger partial charge in [-0.05, 0) is 139 Å². The number of ether oxygens (including phenoxy) is 4. The summed E-state index contributed by atoms with van der Waals surface area (Å²) in [5.74, 6) is 1.53. The molecule has 6 fully saturated rings. The van der Waals surface area contributed by atoms with Crippen LogP contribution in [0.5, 0.6) is 0 Å². The van der Waals surface area contributed by atoms with Gasteiger partial charge < -0.3 is 101 Å². The van der Waals surface area contributed by atoms with Crippen molar-refractivity contribution in [3.8, 4) is 5.82 Å². The molecule has 0 aromatic carbocycles. The monoisotopic (exact) mass is 1850 g/mol. The van der Waals surface area contributed by atoms with Crippen LogP contribution in [0.4, 0.5) is 73.7 Å². The zero-order valence-electron chi connectivity index (χ0n) is 73.4. The summed E-state index contributed by atoms with van der Waals surface area (Å²) in [5, 5.41) is 70.1. The highest BCUT2D eigenvalue weighted by atomic mass is 35.5. The SMILES string of the molecule is CCONC(=O)c1cnn2c(NC)cc(Nc3cccn(-c4ncccc4F)c3=O)nc12.CNc1cc(Nc2cc(Cl)cn(C3CCOCC3)c2=O)nc2c(C(=O)N[C@@H]3CC[C@H]3O)cnn12.CNc1cc(Nc2cccn([C@@H]3CCCOC3)c2=O)nc2c(C(=O)N[C@@H]3CC[C@H]3OC)cnn12.CNc1cc(Nc2cccn([C@@H]3CCCOC3)c2=O)nc2c(C(=O)N[C@H]3CC[C@H]3O)cnn12. The highest BCUT2D eigenvalue weighted by molar-refractivity contribution is 6.30. The molecule has 0 unspecified atom stereocenters. The summed E-state index contributed by atoms with van der Waals surface area (Å²) in [6.45, 7) is 5.72. The summed E-state index contributed by atoms with van der Waals surface area (Å²) in [6, 6.07) is 20.6. The molecule has 13 aromatic rings. The van der Waals surface area contributed by atoms with E-state index in [9.17, 15) is 53.0 Å². The molecule has 14 N–H and O–H groups in total. The van der Waals surface area contributed by atoms with Crippen LogP contribution in [-0.2, 0) is 23.8 Å². The minimum Gasteiger partial charge on any atom is -0.391 e. The van der Waals surface area contributed by atoms with Crippen molar-refractivity contribution >= 4 is 127 Å². The van der Waals surface area contributed by atoms with Crippen molar-refractivity contribution in [1.82, 2.24) is 103 Å². The van der Waals surface area contributed by atoms with E-state index in [1.807, 2.05) is 12.1 Å². The number of hydroxylamine groups is 1. The lowest BCUT2D eigenvalue weighted by molar-refractivity contribution is 0.00732. The molecular formula is C87H101ClFN29O15. The first-order chi connectivity index (χ1) is 64.6. The minimum atomic E-state index is -0.632. The number of carbonyl (C=O) groups is 4. The van der Waals surface area contributed by atoms with E-state index in [1.165, 1.54) is 68.9 Å². The van der Waals surface area contributed by atoms with Crippen LogP contribution in [-0.4, -0.2) is 233 Å². The molecule has 19 rings (SSSR count). The molecule has 4 amide bonds. The van der Waals surface area contributed by atoms with Crippen molar-refractivity contribution in [3.05, 3.63) is 209 Å². The average molecular weight is 1850 g/mol. The van der Waals surface area contributed by atoms with Crippen LogP contribution in [0.1, 0.15) is 144 Å². The fourth-order valence-corrected chi connectivity index (χ4v) is 16.2. The highest BCUT2D eigenvalue weighted by Gasteiger charge is 2.36. The Morgan fingerprint density at radius 3 is 1.27 bits per heavy atom. The van der Waals surface area contributed by atoms with Crippen LogP contribution >= 0.6 is 11.6 Å². The van der Waals surface area contributed by atoms with E-state index < -0.39 is 29.5 Å². The molecule has 3 aliphatic carbocycles. The number of carbonyl (C=O) groups excluding carboxylic acids is 4. The number of halogens is 2. The molecule has 44 nitrogen and oxygen atoms in total. The second-order valence-electron chi connectivity index (χ2n) is 32.1. The number of hydrogen-bond donors (Lipinski definition) is 14. The van der Waals surface area contributed by atoms with Crippen LogP contribution < -0.4 is 86.2 Å². The average Bonchev–Trinajstić information content (AvgIpc) is 1.68. The maximum Gasteiger partial charge on any atom is 0.280 e. The number of anilines is 12. The molecule has 3 aliphatic heterocycles. The summed E-state index contributed by atoms with van der Waals surface area (Å²) < 4.78 is 48.2. The standard InChI is InChI=1S/C23H29N7O4.C22H26ClN7O4.C22H27N7O4.C20H19FN8O3/c1-24-20-11-19(26-17-6-3-9-29(23(17)32)14-5-4-10-34-13-14)28-21-15(12-25-30(20)21)22(31)27-16-7-8-18(16)33-2;1-24-19-9-18(26-16-8-12(23)11-29(22(16)33)13-4-6-34-7-5-13)28-20-14(10-25-30(19)20)21(32)27-15-2-3-17(15)31;1-23-19-10-18(25-16-5-2-8-28(22(16)32)13-4-3-9-33-12-13)27-20-14(11-24-29(19)20)21(31)26-15-6-7-17(15)30;1-3-32-27-19(30)12-11-24-29-16(22-2)10-15(26-17(12)29)25-14-7-5-9-28(20(14)31)18-13(21)6-4-8-23-18/h3,6,9,11-12,14,16,18,24H,4-5,7-8,10,13H2,1-2H3,(H,26,28)(H,27,31);8-11,13,15,17,24,31H,2-7H2,1H3,(H,26,28)(H,27,32);2,5,8,10-11,13,15,17,23,30H,3-4,6-7,9,12H2,1H3,(H,25,27)(H,26,31);4-11,22H,3H2,1-2H3,(H,25,26)(H,27,30)/t14-,16-,18-;15-,17-;13-,15+,17-;/m111./s1. The molecule has 46 heteroatoms. The molecule has 0 bridgehead atoms. The van der Waals surface area contributed by atoms with Crippen molar-refractivity contribution in [2.75, 3.05) is 124 Å². The number of amides is 4. The number of nitrogens with zero attached hydrogens (tertiary/aromatic N) is 17. The third-order valence-electron chi connectivity index (χ3n) is 23.7. The van der Waals surface area contributed by atoms with Gasteiger partial charge in [-0.3, -0.25) is 47.8 Å². The van der Waals surface area contributed by atoms with Gasteiger partial charge in [0, 0.05) is 123 Å². The number of aliphatic hydroxyl groups is 2. The number of nitrogens with one attached hydrogen (secondary N) is 12. The Hall–Kier alpha value is -14.4. The maximum atomic E-state index is 14.1. The first-order valence-electron chi connectivity index (χ1n) is 43.6. The van der Waals surface area contributed by atoms with Gasteiger partial charge in [-0.2, -0.15) is 38.5 Å². The van der Waals surface area contributed by atoms with Crippen LogP contribution in [0.25, 0.3) is 28.4 Å². The summed E-state index contributed by atoms with van der Waals surface area (Å²) in [6.07, 6.45) is 22.4. The van der Waals surface area contributed by atoms with Crippen molar-refractivity contribution in [2.45, 2.75) is 139 Å². The van der Waals surface area contributed by atoms with E-state index in [0.29, 0.717) is 131 Å². The number of hydrogen-bond acceptors (Lipinski definition) is 32. The van der Waals surface area contributed by atoms with Gasteiger partial charge in [0.2, 0.25) is 0 Å². The van der Waals surface area contributed by atoms with Gasteiger partial charge in [-0.15, -0.1) is 0 Å². The first kappa shape index (κ1) is 91.9. The van der Waals surface area contributed by atoms with E-state index in [4.69, 9.17) is 35.4 Å². The molecule has 0 spiro atoms. The smallest absolute Gasteiger partial charge is 0.280 e. The topological polar surface area (TPSA) is 521 Å². The molecule has 16 heterocycles. The Kier molecular flexibility index (Phi) is 28.6. The number of fused-ring (bicyclic) bond motifs is 4. The van der Waals surface area contributed by atoms with E-state index >= 15 is 0 Å². The number of aliphatic hydroxyl groups excluding tert-OH is 2. The van der Waals surface area contributed by atoms with Gasteiger partial charge in [0.25, 0.3) is 45.9 Å². The molecule has 3 saturated carbocycles. The first-order valence-corrected chi connectivity index (χ1v) is 44.0. The Morgan fingerprint density at radius 2 is 0.887 bits per heavy atom. The Bertz CT molecular complexity index is 6690. The number of pyridine rings is 5. The van der Waals surface area contributed by atoms with Crippen LogP contribution in [0, 0.1) is 5.82 Å². The lowest BCUT2D eigenvalue weighted by Crippen LogP contribution is -2.51. The van der Waals surface area contributed by atoms with Crippen molar-refractivity contribution < 1.29 is 57.6 Å². The highest BCUT2D eigenvalue weighted by Crippen LogP contribution is 2.32. The van der Waals surface area contributed by atoms with Gasteiger partial charge in [-0.25, -0.2) is 34.8 Å². The fraction of sp³-hybridized carbons (Fsp3) is 0.391. The molecule has 133 heavy (non-hydrogen) atoms. The third kappa shape index (κ3) is 20.1. The zero-order chi connectivity index (χ0) is 93.1. The van der Waals surface area contributed by atoms with Gasteiger partial charge in [0.1, 0.15) is 91.5 Å². The molecule has 13 aromatic heterocycles. The molecule has 698 valence electrons. The van der Waals surface area contributed by atoms with Crippen LogP contribution in [0.15, 0.2) is 154 Å². The molecule has 8 atom stereocenters. The van der Waals surface area contributed by atoms with E-state index in [2.05, 4.69) is 109 Å². The Balaban J connectivity index is 0.000000129. The van der Waals surface area contributed by atoms with Crippen molar-refractivity contribution in [2.24, 2.45) is 0 Å². The summed E-state index contributed by atoms with van der Waals surface area (Å²) >= 11 is 6.34. The Morgan fingerprint density at radius 1 is 0.474 bits per heavy atom. The van der Waals surface area contributed by atoms with Crippen LogP contribution in [0.2, 0.25) is 5.02 Å². The second kappa shape index (κ2) is 41.4. The number of rotatable bonds is 26. The minimum absolute atomic E-state index is 0.00305. The van der Waals surface area contributed by atoms with Crippen LogP contribution in [0.3, 0.4) is 0 Å². The lowest BCUT2D eigenvalue weighted by Gasteiger charge is -2.35. The summed E-state index contributed by atoms with van der Waals surface area (Å²) in [7, 11) is 8.55. The van der Waals surface area contributed by atoms with Gasteiger partial charge in [-0.1, -0.05) is 11.6 Å². The quantitative estimate of drug-likeness (QED) is 0.0242. The summed E-state index contributed by atoms with van der Waals surface area (Å²) in [4.78, 5) is 130. The predicted octanol–water partition coefficient (Wildman–Crippen LogP) is 7.03. The molecule has 3 saturated heterocycles. The van der Waals surface area contributed by atoms with Crippen molar-refractivity contribution in [1.29, 1.82) is 0 Å². The number of aromatic nitrogens is 17. The summed E-state index contributed by atoms with van der Waals surface area (Å²) in [5.41, 5.74) is 4.82. The van der Waals surface area contributed by atoms with Gasteiger partial charge in [0.15, 0.2) is 34.2 Å². The van der Waals surface area contributed by atoms with Gasteiger partial charge >= 0.3 is 0 Å². The normalized spacial score (nSPS) is 19.2. The molecule has 0 radical (unpaired) electrons. The maximum absolute atomic E-state index is 14.1. The number of methoxy groups -OCH3 is 1. The third-order valence-corrected chi connectivity index (χ3v) is 23.9. The fourth-order valence-electron chi connectivity index (χ4n) is 16.0. The van der Waals surface area contributed by atoms with Gasteiger partial charge in [0.05, 0.1) is 98.2 Å². The predicted molar refractivity (Wildman–Crippen MR) is 491 cm³/mol. The lowest BCUT2D eigenvalue weighted by atomic mass is 9.89.